The van der Waals surface area contributed by atoms with E-state index in [1.807, 2.05) is 0 Å². The van der Waals surface area contributed by atoms with Crippen LogP contribution in [0.15, 0.2) is 11.6 Å². The van der Waals surface area contributed by atoms with Crippen LogP contribution in [0.25, 0.3) is 0 Å². The van der Waals surface area contributed by atoms with Crippen molar-refractivity contribution >= 4 is 11.9 Å². The van der Waals surface area contributed by atoms with Gasteiger partial charge in [0.05, 0.1) is 23.0 Å². The zero-order chi connectivity index (χ0) is 33.1. The Hall–Kier alpha value is -1.52. The smallest absolute Gasteiger partial charge is 0.315 e. The van der Waals surface area contributed by atoms with Gasteiger partial charge in [-0.15, -0.1) is 0 Å². The Kier molecular flexibility index (Phi) is 7.97. The fourth-order valence-electron chi connectivity index (χ4n) is 12.3. The second-order valence-corrected chi connectivity index (χ2v) is 17.1. The average molecular weight is 633 g/mol. The van der Waals surface area contributed by atoms with Crippen LogP contribution in [0.4, 0.5) is 0 Å². The van der Waals surface area contributed by atoms with Crippen molar-refractivity contribution in [1.29, 1.82) is 0 Å². The maximum absolute atomic E-state index is 14.4. The molecule has 0 radical (unpaired) electrons. The number of carboxylic acid groups (broad SMARTS) is 1. The fraction of sp³-hybridized carbons (Fsp3) is 0.889. The van der Waals surface area contributed by atoms with Gasteiger partial charge in [0.25, 0.3) is 0 Å². The molecule has 5 fully saturated rings. The molecule has 0 spiro atoms. The highest BCUT2D eigenvalue weighted by molar-refractivity contribution is 5.85. The van der Waals surface area contributed by atoms with E-state index in [4.69, 9.17) is 9.47 Å². The van der Waals surface area contributed by atoms with Crippen molar-refractivity contribution in [3.63, 3.8) is 0 Å². The Bertz CT molecular complexity index is 1250. The molecule has 9 nitrogen and oxygen atoms in total. The Morgan fingerprint density at radius 1 is 0.844 bits per heavy atom. The molecule has 0 aromatic carbocycles. The molecule has 1 aliphatic heterocycles. The van der Waals surface area contributed by atoms with E-state index in [1.54, 1.807) is 6.92 Å². The highest BCUT2D eigenvalue weighted by Crippen LogP contribution is 2.76. The Labute approximate surface area is 267 Å². The van der Waals surface area contributed by atoms with E-state index in [9.17, 15) is 35.1 Å². The molecule has 0 aromatic rings. The van der Waals surface area contributed by atoms with E-state index >= 15 is 0 Å². The Balaban J connectivity index is 1.42. The van der Waals surface area contributed by atoms with Gasteiger partial charge in [-0.05, 0) is 111 Å². The minimum absolute atomic E-state index is 0.0240. The van der Waals surface area contributed by atoms with E-state index in [1.165, 1.54) is 0 Å². The van der Waals surface area contributed by atoms with Crippen molar-refractivity contribution < 1.29 is 44.6 Å². The molecule has 5 aliphatic carbocycles. The highest BCUT2D eigenvalue weighted by Gasteiger charge is 2.73. The molecule has 1 saturated heterocycles. The van der Waals surface area contributed by atoms with Crippen LogP contribution in [0.3, 0.4) is 0 Å². The minimum Gasteiger partial charge on any atom is -0.481 e. The van der Waals surface area contributed by atoms with Crippen molar-refractivity contribution in [2.45, 2.75) is 143 Å². The van der Waals surface area contributed by atoms with Crippen LogP contribution >= 0.6 is 0 Å². The summed E-state index contributed by atoms with van der Waals surface area (Å²) in [6, 6.07) is 0. The summed E-state index contributed by atoms with van der Waals surface area (Å²) in [5, 5.41) is 53.7. The zero-order valence-electron chi connectivity index (χ0n) is 28.2. The fourth-order valence-corrected chi connectivity index (χ4v) is 12.3. The van der Waals surface area contributed by atoms with Gasteiger partial charge in [0.15, 0.2) is 0 Å². The number of fused-ring (bicyclic) bond motifs is 7. The van der Waals surface area contributed by atoms with E-state index in [-0.39, 0.29) is 46.5 Å². The lowest BCUT2D eigenvalue weighted by atomic mass is 9.33. The van der Waals surface area contributed by atoms with Crippen molar-refractivity contribution in [2.75, 3.05) is 0 Å². The normalized spacial score (nSPS) is 53.9. The van der Waals surface area contributed by atoms with Crippen molar-refractivity contribution in [1.82, 2.24) is 0 Å². The molecule has 6 rings (SSSR count). The number of esters is 1. The quantitative estimate of drug-likeness (QED) is 0.224. The van der Waals surface area contributed by atoms with Crippen LogP contribution in [-0.4, -0.2) is 74.3 Å². The first-order valence-electron chi connectivity index (χ1n) is 17.4. The summed E-state index contributed by atoms with van der Waals surface area (Å²) < 4.78 is 11.6. The van der Waals surface area contributed by atoms with Gasteiger partial charge >= 0.3 is 11.9 Å². The molecule has 0 aromatic heterocycles. The van der Waals surface area contributed by atoms with Gasteiger partial charge < -0.3 is 35.0 Å². The molecule has 4 saturated carbocycles. The third-order valence-corrected chi connectivity index (χ3v) is 15.2. The molecule has 0 unspecified atom stereocenters. The van der Waals surface area contributed by atoms with E-state index < -0.39 is 58.9 Å². The van der Waals surface area contributed by atoms with Gasteiger partial charge in [-0.1, -0.05) is 53.2 Å². The molecular formula is C36H56O9. The first kappa shape index (κ1) is 33.4. The molecule has 6 aliphatic rings. The molecule has 254 valence electrons. The summed E-state index contributed by atoms with van der Waals surface area (Å²) in [7, 11) is 0. The number of allylic oxidation sites excluding steroid dienone is 1. The van der Waals surface area contributed by atoms with Crippen molar-refractivity contribution in [3.05, 3.63) is 11.6 Å². The minimum atomic E-state index is -1.60. The summed E-state index contributed by atoms with van der Waals surface area (Å²) in [5.74, 6) is -0.951. The predicted molar refractivity (Wildman–Crippen MR) is 165 cm³/mol. The number of aliphatic hydroxyl groups is 4. The van der Waals surface area contributed by atoms with E-state index in [0.29, 0.717) is 19.3 Å². The lowest BCUT2D eigenvalue weighted by Gasteiger charge is -2.70. The van der Waals surface area contributed by atoms with Crippen molar-refractivity contribution in [2.24, 2.45) is 56.7 Å². The van der Waals surface area contributed by atoms with Gasteiger partial charge in [-0.25, -0.2) is 0 Å². The van der Waals surface area contributed by atoms with Crippen LogP contribution < -0.4 is 0 Å². The number of hydrogen-bond donors (Lipinski definition) is 5. The largest absolute Gasteiger partial charge is 0.481 e. The van der Waals surface area contributed by atoms with Gasteiger partial charge in [-0.3, -0.25) is 9.59 Å². The van der Waals surface area contributed by atoms with Gasteiger partial charge in [0.1, 0.15) is 18.3 Å². The number of hydrogen-bond acceptors (Lipinski definition) is 8. The van der Waals surface area contributed by atoms with E-state index in [2.05, 4.69) is 47.6 Å². The number of carboxylic acids is 1. The maximum Gasteiger partial charge on any atom is 0.315 e. The van der Waals surface area contributed by atoms with Gasteiger partial charge in [0, 0.05) is 0 Å². The molecule has 1 heterocycles. The number of rotatable bonds is 3. The van der Waals surface area contributed by atoms with Gasteiger partial charge in [-0.2, -0.15) is 0 Å². The molecule has 15 atom stereocenters. The SMILES string of the molecule is C[C@H]1[C@H](C)CC[C@]2(C(=O)O[C@@H]3O[C@H](C)[C@H](O)[C@H](O)[C@H]3O)CC[C@]3(C(=O)O)C(=CC[C@@H]4[C@@]5(C)CC[C@H](O)C(C)(C)[C@@H]5CC[C@]43C)[C@@H]12. The number of ether oxygens (including phenoxy) is 2. The standard InChI is InChI=1S/C36H56O9/c1-18-10-15-35(31(43)45-29-28(40)27(39)26(38)20(3)44-29)16-17-36(30(41)42)21(25(35)19(18)2)8-9-23-33(6)13-12-24(37)32(4,5)22(33)11-14-34(23,36)7/h8,18-20,22-29,37-40H,9-17H2,1-7H3,(H,41,42)/t18-,19+,20-,22+,23-,24+,25-,26+,27+,28-,29+,33+,34-,35+,36-/m1/s1. The Morgan fingerprint density at radius 3 is 2.20 bits per heavy atom. The number of carbonyl (C=O) groups excluding carboxylic acids is 1. The lowest BCUT2D eigenvalue weighted by Crippen LogP contribution is -2.68. The molecule has 45 heavy (non-hydrogen) atoms. The first-order valence-corrected chi connectivity index (χ1v) is 17.4. The zero-order valence-corrected chi connectivity index (χ0v) is 28.2. The van der Waals surface area contributed by atoms with Crippen molar-refractivity contribution in [3.8, 4) is 0 Å². The molecule has 9 heteroatoms. The highest BCUT2D eigenvalue weighted by atomic mass is 16.7. The van der Waals surface area contributed by atoms with E-state index in [0.717, 1.165) is 44.1 Å². The predicted octanol–water partition coefficient (Wildman–Crippen LogP) is 4.44. The monoisotopic (exact) mass is 632 g/mol. The Morgan fingerprint density at radius 2 is 1.53 bits per heavy atom. The van der Waals surface area contributed by atoms with Crippen LogP contribution in [0.2, 0.25) is 0 Å². The molecule has 0 bridgehead atoms. The summed E-state index contributed by atoms with van der Waals surface area (Å²) >= 11 is 0. The molecule has 5 N–H and O–H groups in total. The van der Waals surface area contributed by atoms with Crippen LogP contribution in [0.5, 0.6) is 0 Å². The average Bonchev–Trinajstić information content (AvgIpc) is 2.98. The molecular weight excluding hydrogens is 576 g/mol. The third-order valence-electron chi connectivity index (χ3n) is 15.2. The first-order chi connectivity index (χ1) is 20.9. The number of aliphatic carboxylic acids is 1. The summed E-state index contributed by atoms with van der Waals surface area (Å²) in [5.41, 5.74) is -2.12. The van der Waals surface area contributed by atoms with Crippen LogP contribution in [-0.2, 0) is 19.1 Å². The molecule has 0 amide bonds. The summed E-state index contributed by atoms with van der Waals surface area (Å²) in [4.78, 5) is 28.3. The lowest BCUT2D eigenvalue weighted by molar-refractivity contribution is -0.290. The summed E-state index contributed by atoms with van der Waals surface area (Å²) in [6.45, 7) is 14.8. The second kappa shape index (κ2) is 10.7. The number of carbonyl (C=O) groups is 2. The third kappa shape index (κ3) is 4.28. The van der Waals surface area contributed by atoms with Crippen LogP contribution in [0.1, 0.15) is 106 Å². The van der Waals surface area contributed by atoms with Gasteiger partial charge in [0.2, 0.25) is 6.29 Å². The van der Waals surface area contributed by atoms with Crippen LogP contribution in [0, 0.1) is 56.7 Å². The maximum atomic E-state index is 14.4. The number of aliphatic hydroxyl groups excluding tert-OH is 4. The second-order valence-electron chi connectivity index (χ2n) is 17.1. The topological polar surface area (TPSA) is 154 Å². The summed E-state index contributed by atoms with van der Waals surface area (Å²) in [6.07, 6.45) is 1.11.